The van der Waals surface area contributed by atoms with Crippen LogP contribution in [0, 0.1) is 0 Å². The van der Waals surface area contributed by atoms with Crippen molar-refractivity contribution in [2.24, 2.45) is 0 Å². The van der Waals surface area contributed by atoms with E-state index in [1.807, 2.05) is 30.3 Å². The maximum absolute atomic E-state index is 10.7. The highest BCUT2D eigenvalue weighted by molar-refractivity contribution is 9.13. The second-order valence-electron chi connectivity index (χ2n) is 4.57. The van der Waals surface area contributed by atoms with Crippen molar-refractivity contribution in [3.63, 3.8) is 0 Å². The Morgan fingerprint density at radius 1 is 1.22 bits per heavy atom. The van der Waals surface area contributed by atoms with Gasteiger partial charge in [-0.2, -0.15) is 0 Å². The molecule has 2 aromatic rings. The lowest BCUT2D eigenvalue weighted by Crippen LogP contribution is -2.00. The first-order valence-electron chi connectivity index (χ1n) is 6.66. The van der Waals surface area contributed by atoms with Gasteiger partial charge in [-0.1, -0.05) is 30.3 Å². The van der Waals surface area contributed by atoms with E-state index < -0.39 is 5.97 Å². The molecule has 0 aliphatic heterocycles. The van der Waals surface area contributed by atoms with Gasteiger partial charge in [0, 0.05) is 10.5 Å². The standard InChI is InChI=1S/C17H14Br2O4/c1-22-13-9-12(7-8-14(20)21)15(18)16(19)17(13)23-10-11-5-3-2-4-6-11/h2-9H,10H2,1H3,(H,20,21)/b8-7+. The van der Waals surface area contributed by atoms with E-state index in [1.165, 1.54) is 13.2 Å². The largest absolute Gasteiger partial charge is 0.493 e. The molecule has 0 bridgehead atoms. The molecule has 23 heavy (non-hydrogen) atoms. The average molecular weight is 442 g/mol. The highest BCUT2D eigenvalue weighted by atomic mass is 79.9. The molecule has 0 radical (unpaired) electrons. The van der Waals surface area contributed by atoms with Crippen molar-refractivity contribution in [1.82, 2.24) is 0 Å². The summed E-state index contributed by atoms with van der Waals surface area (Å²) in [6.45, 7) is 0.395. The van der Waals surface area contributed by atoms with E-state index in [4.69, 9.17) is 14.6 Å². The lowest BCUT2D eigenvalue weighted by Gasteiger charge is -2.15. The first kappa shape index (κ1) is 17.6. The van der Waals surface area contributed by atoms with Crippen LogP contribution in [0.4, 0.5) is 0 Å². The minimum absolute atomic E-state index is 0.395. The average Bonchev–Trinajstić information content (AvgIpc) is 2.55. The predicted octanol–water partition coefficient (Wildman–Crippen LogP) is 4.90. The fraction of sp³-hybridized carbons (Fsp3) is 0.118. The maximum atomic E-state index is 10.7. The second-order valence-corrected chi connectivity index (χ2v) is 6.16. The van der Waals surface area contributed by atoms with Gasteiger partial charge in [-0.3, -0.25) is 0 Å². The number of carboxylic acid groups (broad SMARTS) is 1. The Balaban J connectivity index is 2.32. The van der Waals surface area contributed by atoms with Gasteiger partial charge in [-0.15, -0.1) is 0 Å². The summed E-state index contributed by atoms with van der Waals surface area (Å²) in [6, 6.07) is 11.5. The van der Waals surface area contributed by atoms with Gasteiger partial charge < -0.3 is 14.6 Å². The third kappa shape index (κ3) is 4.59. The summed E-state index contributed by atoms with van der Waals surface area (Å²) in [5.41, 5.74) is 1.70. The van der Waals surface area contributed by atoms with Crippen LogP contribution in [0.5, 0.6) is 11.5 Å². The van der Waals surface area contributed by atoms with Gasteiger partial charge >= 0.3 is 5.97 Å². The van der Waals surface area contributed by atoms with Gasteiger partial charge in [-0.05, 0) is 55.1 Å². The zero-order valence-electron chi connectivity index (χ0n) is 12.3. The molecule has 0 spiro atoms. The van der Waals surface area contributed by atoms with Crippen molar-refractivity contribution in [3.8, 4) is 11.5 Å². The minimum atomic E-state index is -1.02. The zero-order valence-corrected chi connectivity index (χ0v) is 15.4. The Labute approximate surface area is 151 Å². The minimum Gasteiger partial charge on any atom is -0.493 e. The van der Waals surface area contributed by atoms with Crippen LogP contribution in [0.1, 0.15) is 11.1 Å². The summed E-state index contributed by atoms with van der Waals surface area (Å²) < 4.78 is 12.6. The van der Waals surface area contributed by atoms with Crippen molar-refractivity contribution in [2.45, 2.75) is 6.61 Å². The summed E-state index contributed by atoms with van der Waals surface area (Å²) in [5, 5.41) is 8.76. The molecule has 0 heterocycles. The van der Waals surface area contributed by atoms with E-state index in [2.05, 4.69) is 31.9 Å². The summed E-state index contributed by atoms with van der Waals surface area (Å²) >= 11 is 6.91. The predicted molar refractivity (Wildman–Crippen MR) is 95.8 cm³/mol. The number of halogens is 2. The molecule has 4 nitrogen and oxygen atoms in total. The molecule has 6 heteroatoms. The van der Waals surface area contributed by atoms with Crippen LogP contribution in [0.3, 0.4) is 0 Å². The van der Waals surface area contributed by atoms with Gasteiger partial charge in [-0.25, -0.2) is 4.79 Å². The Morgan fingerprint density at radius 2 is 1.91 bits per heavy atom. The molecule has 0 saturated carbocycles. The van der Waals surface area contributed by atoms with Crippen LogP contribution in [-0.4, -0.2) is 18.2 Å². The van der Waals surface area contributed by atoms with Gasteiger partial charge in [0.2, 0.25) is 0 Å². The van der Waals surface area contributed by atoms with Gasteiger partial charge in [0.15, 0.2) is 11.5 Å². The van der Waals surface area contributed by atoms with Gasteiger partial charge in [0.1, 0.15) is 6.61 Å². The number of hydrogen-bond donors (Lipinski definition) is 1. The number of aliphatic carboxylic acids is 1. The van der Waals surface area contributed by atoms with E-state index in [0.29, 0.717) is 32.6 Å². The van der Waals surface area contributed by atoms with Crippen LogP contribution in [0.2, 0.25) is 0 Å². The lowest BCUT2D eigenvalue weighted by atomic mass is 10.2. The zero-order chi connectivity index (χ0) is 16.8. The molecule has 2 aromatic carbocycles. The summed E-state index contributed by atoms with van der Waals surface area (Å²) in [7, 11) is 1.54. The summed E-state index contributed by atoms with van der Waals surface area (Å²) in [5.74, 6) is 0.0492. The number of carbonyl (C=O) groups is 1. The van der Waals surface area contributed by atoms with Crippen LogP contribution >= 0.6 is 31.9 Å². The van der Waals surface area contributed by atoms with Gasteiger partial charge in [0.05, 0.1) is 11.6 Å². The Bertz CT molecular complexity index is 727. The highest BCUT2D eigenvalue weighted by Gasteiger charge is 2.16. The maximum Gasteiger partial charge on any atom is 0.328 e. The third-order valence-electron chi connectivity index (χ3n) is 3.01. The van der Waals surface area contributed by atoms with Crippen molar-refractivity contribution < 1.29 is 19.4 Å². The number of ether oxygens (including phenoxy) is 2. The Hall–Kier alpha value is -1.79. The molecule has 0 aliphatic rings. The van der Waals surface area contributed by atoms with E-state index in [0.717, 1.165) is 11.6 Å². The smallest absolute Gasteiger partial charge is 0.328 e. The van der Waals surface area contributed by atoms with E-state index >= 15 is 0 Å². The monoisotopic (exact) mass is 440 g/mol. The molecule has 0 unspecified atom stereocenters. The topological polar surface area (TPSA) is 55.8 Å². The van der Waals surface area contributed by atoms with Crippen LogP contribution in [0.25, 0.3) is 6.08 Å². The first-order chi connectivity index (χ1) is 11.0. The summed E-state index contributed by atoms with van der Waals surface area (Å²) in [4.78, 5) is 10.7. The quantitative estimate of drug-likeness (QED) is 0.648. The van der Waals surface area contributed by atoms with Crippen LogP contribution < -0.4 is 9.47 Å². The third-order valence-corrected chi connectivity index (χ3v) is 5.15. The van der Waals surface area contributed by atoms with Crippen LogP contribution in [-0.2, 0) is 11.4 Å². The number of hydrogen-bond acceptors (Lipinski definition) is 3. The first-order valence-corrected chi connectivity index (χ1v) is 8.25. The SMILES string of the molecule is COc1cc(/C=C/C(=O)O)c(Br)c(Br)c1OCc1ccccc1. The van der Waals surface area contributed by atoms with Crippen LogP contribution in [0.15, 0.2) is 51.4 Å². The Kier molecular flexibility index (Phi) is 6.24. The number of methoxy groups -OCH3 is 1. The molecule has 0 saturated heterocycles. The molecule has 2 rings (SSSR count). The van der Waals surface area contributed by atoms with E-state index in [-0.39, 0.29) is 0 Å². The molecule has 0 fully saturated rings. The number of rotatable bonds is 6. The van der Waals surface area contributed by atoms with E-state index in [1.54, 1.807) is 6.07 Å². The fourth-order valence-corrected chi connectivity index (χ4v) is 2.87. The second kappa shape index (κ2) is 8.17. The highest BCUT2D eigenvalue weighted by Crippen LogP contribution is 2.43. The molecule has 120 valence electrons. The normalized spacial score (nSPS) is 10.7. The van der Waals surface area contributed by atoms with Gasteiger partial charge in [0.25, 0.3) is 0 Å². The molecule has 0 aromatic heterocycles. The van der Waals surface area contributed by atoms with Crippen molar-refractivity contribution >= 4 is 43.9 Å². The number of benzene rings is 2. The molecule has 1 N–H and O–H groups in total. The van der Waals surface area contributed by atoms with E-state index in [9.17, 15) is 4.79 Å². The molecular weight excluding hydrogens is 428 g/mol. The van der Waals surface area contributed by atoms with Crippen molar-refractivity contribution in [2.75, 3.05) is 7.11 Å². The fourth-order valence-electron chi connectivity index (χ4n) is 1.90. The Morgan fingerprint density at radius 3 is 2.52 bits per heavy atom. The van der Waals surface area contributed by atoms with Crippen molar-refractivity contribution in [3.05, 3.63) is 62.5 Å². The number of carboxylic acids is 1. The molecule has 0 aliphatic carbocycles. The van der Waals surface area contributed by atoms with Crippen molar-refractivity contribution in [1.29, 1.82) is 0 Å². The summed E-state index contributed by atoms with van der Waals surface area (Å²) in [6.07, 6.45) is 2.55. The molecular formula is C17H14Br2O4. The lowest BCUT2D eigenvalue weighted by molar-refractivity contribution is -0.131. The molecule has 0 amide bonds. The molecule has 0 atom stereocenters.